The number of hydrogen-bond acceptors (Lipinski definition) is 7. The first-order valence-corrected chi connectivity index (χ1v) is 12.7. The molecule has 188 valence electrons. The molecule has 4 rings (SSSR count). The summed E-state index contributed by atoms with van der Waals surface area (Å²) in [6.45, 7) is 2.73. The Bertz CT molecular complexity index is 1510. The molecule has 0 saturated heterocycles. The lowest BCUT2D eigenvalue weighted by Crippen LogP contribution is -2.45. The van der Waals surface area contributed by atoms with Gasteiger partial charge in [0.05, 0.1) is 17.7 Å². The van der Waals surface area contributed by atoms with E-state index < -0.39 is 40.5 Å². The topological polar surface area (TPSA) is 124 Å². The van der Waals surface area contributed by atoms with E-state index >= 15 is 0 Å². The van der Waals surface area contributed by atoms with Crippen molar-refractivity contribution in [3.05, 3.63) is 66.7 Å². The third kappa shape index (κ3) is 5.34. The second-order valence-corrected chi connectivity index (χ2v) is 10.2. The van der Waals surface area contributed by atoms with E-state index in [4.69, 9.17) is 13.9 Å². The molecule has 9 nitrogen and oxygen atoms in total. The fourth-order valence-electron chi connectivity index (χ4n) is 3.72. The molecule has 10 heteroatoms. The van der Waals surface area contributed by atoms with E-state index in [1.807, 2.05) is 24.3 Å². The highest BCUT2D eigenvalue weighted by atomic mass is 32.2. The minimum Gasteiger partial charge on any atom is -0.495 e. The number of ether oxygens (including phenoxy) is 2. The molecule has 3 aromatic carbocycles. The number of esters is 1. The van der Waals surface area contributed by atoms with Crippen molar-refractivity contribution >= 4 is 49.5 Å². The Balaban J connectivity index is 1.45. The van der Waals surface area contributed by atoms with Gasteiger partial charge in [-0.3, -0.25) is 9.59 Å². The molecule has 1 aromatic heterocycles. The number of benzene rings is 3. The van der Waals surface area contributed by atoms with E-state index in [-0.39, 0.29) is 4.90 Å². The number of fused-ring (bicyclic) bond motifs is 3. The van der Waals surface area contributed by atoms with Crippen molar-refractivity contribution in [2.45, 2.75) is 24.8 Å². The molecule has 4 aromatic rings. The fourth-order valence-corrected chi connectivity index (χ4v) is 5.08. The zero-order chi connectivity index (χ0) is 25.9. The molecular weight excluding hydrogens is 484 g/mol. The average Bonchev–Trinajstić information content (AvgIpc) is 3.23. The van der Waals surface area contributed by atoms with E-state index in [0.29, 0.717) is 22.6 Å². The van der Waals surface area contributed by atoms with Crippen molar-refractivity contribution in [2.24, 2.45) is 5.92 Å². The van der Waals surface area contributed by atoms with Gasteiger partial charge in [0.15, 0.2) is 6.61 Å². The Morgan fingerprint density at radius 1 is 0.944 bits per heavy atom. The molecule has 36 heavy (non-hydrogen) atoms. The lowest BCUT2D eigenvalue weighted by molar-refractivity contribution is -0.150. The average molecular weight is 511 g/mol. The Hall–Kier alpha value is -3.89. The molecule has 1 amide bonds. The molecule has 0 saturated carbocycles. The Morgan fingerprint density at radius 2 is 1.64 bits per heavy atom. The highest BCUT2D eigenvalue weighted by Gasteiger charge is 2.30. The first-order chi connectivity index (χ1) is 17.2. The maximum atomic E-state index is 12.7. The normalized spacial score (nSPS) is 12.6. The van der Waals surface area contributed by atoms with E-state index in [0.717, 1.165) is 10.8 Å². The first-order valence-electron chi connectivity index (χ1n) is 11.2. The van der Waals surface area contributed by atoms with Crippen LogP contribution in [-0.2, 0) is 24.3 Å². The van der Waals surface area contributed by atoms with Crippen LogP contribution in [0, 0.1) is 5.92 Å². The number of methoxy groups -OCH3 is 1. The number of para-hydroxylation sites is 1. The minimum absolute atomic E-state index is 0.0225. The first kappa shape index (κ1) is 25.2. The van der Waals surface area contributed by atoms with Gasteiger partial charge in [0.2, 0.25) is 10.0 Å². The summed E-state index contributed by atoms with van der Waals surface area (Å²) in [5, 5.41) is 4.40. The number of rotatable bonds is 9. The molecule has 0 aliphatic rings. The van der Waals surface area contributed by atoms with Crippen LogP contribution >= 0.6 is 0 Å². The monoisotopic (exact) mass is 510 g/mol. The number of furan rings is 1. The molecule has 0 bridgehead atoms. The summed E-state index contributed by atoms with van der Waals surface area (Å²) in [6, 6.07) is 17.5. The van der Waals surface area contributed by atoms with Gasteiger partial charge in [-0.15, -0.1) is 0 Å². The summed E-state index contributed by atoms with van der Waals surface area (Å²) in [5.74, 6) is -1.50. The number of hydrogen-bond donors (Lipinski definition) is 2. The van der Waals surface area contributed by atoms with Gasteiger partial charge in [-0.25, -0.2) is 8.42 Å². The molecule has 0 aliphatic carbocycles. The number of carbonyl (C=O) groups is 2. The number of amides is 1. The maximum Gasteiger partial charge on any atom is 0.324 e. The van der Waals surface area contributed by atoms with Gasteiger partial charge >= 0.3 is 5.97 Å². The number of carbonyl (C=O) groups excluding carboxylic acids is 2. The molecule has 0 radical (unpaired) electrons. The third-order valence-corrected chi connectivity index (χ3v) is 7.03. The van der Waals surface area contributed by atoms with E-state index in [2.05, 4.69) is 10.0 Å². The van der Waals surface area contributed by atoms with Crippen molar-refractivity contribution in [3.8, 4) is 5.75 Å². The molecule has 0 spiro atoms. The van der Waals surface area contributed by atoms with Crippen LogP contribution in [0.25, 0.3) is 21.9 Å². The Kier molecular flexibility index (Phi) is 7.27. The largest absolute Gasteiger partial charge is 0.495 e. The molecule has 1 heterocycles. The molecule has 0 fully saturated rings. The van der Waals surface area contributed by atoms with Gasteiger partial charge in [0.1, 0.15) is 23.0 Å². The zero-order valence-corrected chi connectivity index (χ0v) is 20.8. The van der Waals surface area contributed by atoms with E-state index in [1.165, 1.54) is 19.2 Å². The zero-order valence-electron chi connectivity index (χ0n) is 20.0. The van der Waals surface area contributed by atoms with Crippen LogP contribution in [-0.4, -0.2) is 40.1 Å². The second-order valence-electron chi connectivity index (χ2n) is 8.46. The molecule has 0 aliphatic heterocycles. The molecule has 2 N–H and O–H groups in total. The number of nitrogens with one attached hydrogen (secondary N) is 2. The Labute approximate surface area is 208 Å². The van der Waals surface area contributed by atoms with Crippen LogP contribution in [0.3, 0.4) is 0 Å². The summed E-state index contributed by atoms with van der Waals surface area (Å²) in [7, 11) is -2.48. The summed E-state index contributed by atoms with van der Waals surface area (Å²) in [5.41, 5.74) is 1.60. The van der Waals surface area contributed by atoms with Crippen molar-refractivity contribution in [1.82, 2.24) is 4.72 Å². The van der Waals surface area contributed by atoms with Crippen molar-refractivity contribution < 1.29 is 31.9 Å². The SMILES string of the molecule is COc1cc2c(cc1NC(=O)COC(=O)[C@H](NS(=O)(=O)c1ccccc1)C(C)C)oc1ccccc12. The minimum atomic E-state index is -3.96. The van der Waals surface area contributed by atoms with Crippen molar-refractivity contribution in [2.75, 3.05) is 19.0 Å². The third-order valence-electron chi connectivity index (χ3n) is 5.57. The van der Waals surface area contributed by atoms with E-state index in [9.17, 15) is 18.0 Å². The summed E-state index contributed by atoms with van der Waals surface area (Å²) >= 11 is 0. The van der Waals surface area contributed by atoms with Crippen molar-refractivity contribution in [3.63, 3.8) is 0 Å². The predicted molar refractivity (Wildman–Crippen MR) is 135 cm³/mol. The lowest BCUT2D eigenvalue weighted by Gasteiger charge is -2.20. The second kappa shape index (κ2) is 10.4. The van der Waals surface area contributed by atoms with Gasteiger partial charge in [-0.1, -0.05) is 50.2 Å². The Morgan fingerprint density at radius 3 is 2.33 bits per heavy atom. The lowest BCUT2D eigenvalue weighted by atomic mass is 10.1. The maximum absolute atomic E-state index is 12.7. The quantitative estimate of drug-likeness (QED) is 0.325. The van der Waals surface area contributed by atoms with Gasteiger partial charge in [0, 0.05) is 16.8 Å². The van der Waals surface area contributed by atoms with Crippen molar-refractivity contribution in [1.29, 1.82) is 0 Å². The van der Waals surface area contributed by atoms with Gasteiger partial charge < -0.3 is 19.2 Å². The molecule has 1 atom stereocenters. The van der Waals surface area contributed by atoms with Crippen LogP contribution in [0.15, 0.2) is 76.0 Å². The van der Waals surface area contributed by atoms with Crippen LogP contribution in [0.4, 0.5) is 5.69 Å². The van der Waals surface area contributed by atoms with Crippen LogP contribution in [0.5, 0.6) is 5.75 Å². The van der Waals surface area contributed by atoms with Gasteiger partial charge in [-0.05, 0) is 30.2 Å². The predicted octanol–water partition coefficient (Wildman–Crippen LogP) is 4.08. The number of sulfonamides is 1. The smallest absolute Gasteiger partial charge is 0.324 e. The fraction of sp³-hybridized carbons (Fsp3) is 0.231. The summed E-state index contributed by atoms with van der Waals surface area (Å²) in [6.07, 6.45) is 0. The van der Waals surface area contributed by atoms with Crippen LogP contribution in [0.1, 0.15) is 13.8 Å². The van der Waals surface area contributed by atoms with Crippen LogP contribution < -0.4 is 14.8 Å². The summed E-state index contributed by atoms with van der Waals surface area (Å²) < 4.78 is 44.1. The van der Waals surface area contributed by atoms with Gasteiger partial charge in [-0.2, -0.15) is 4.72 Å². The highest BCUT2D eigenvalue weighted by Crippen LogP contribution is 2.36. The van der Waals surface area contributed by atoms with E-state index in [1.54, 1.807) is 44.2 Å². The van der Waals surface area contributed by atoms with Gasteiger partial charge in [0.25, 0.3) is 5.91 Å². The highest BCUT2D eigenvalue weighted by molar-refractivity contribution is 7.89. The molecular formula is C26H26N2O7S. The molecule has 0 unspecified atom stereocenters. The number of anilines is 1. The summed E-state index contributed by atoms with van der Waals surface area (Å²) in [4.78, 5) is 25.3. The standard InChI is InChI=1S/C26H26N2O7S/c1-16(2)25(28-36(31,32)17-9-5-4-6-10-17)26(30)34-15-24(29)27-20-14-22-19(13-23(20)33-3)18-11-7-8-12-21(18)35-22/h4-14,16,25,28H,15H2,1-3H3,(H,27,29)/t25-/m1/s1. The van der Waals surface area contributed by atoms with Crippen LogP contribution in [0.2, 0.25) is 0 Å².